The van der Waals surface area contributed by atoms with Crippen LogP contribution in [0, 0.1) is 6.92 Å². The van der Waals surface area contributed by atoms with Crippen LogP contribution in [0.15, 0.2) is 24.3 Å². The zero-order valence-corrected chi connectivity index (χ0v) is 11.3. The fourth-order valence-electron chi connectivity index (χ4n) is 2.03. The van der Waals surface area contributed by atoms with Gasteiger partial charge in [0.15, 0.2) is 0 Å². The van der Waals surface area contributed by atoms with Crippen LogP contribution in [-0.4, -0.2) is 19.6 Å². The first kappa shape index (κ1) is 14.0. The van der Waals surface area contributed by atoms with Crippen LogP contribution in [0.1, 0.15) is 38.2 Å². The first-order valence-electron chi connectivity index (χ1n) is 6.79. The lowest BCUT2D eigenvalue weighted by molar-refractivity contribution is 0.660. The summed E-state index contributed by atoms with van der Waals surface area (Å²) in [4.78, 5) is 2.47. The number of nitrogens with two attached hydrogens (primary N) is 1. The molecule has 0 aliphatic rings. The summed E-state index contributed by atoms with van der Waals surface area (Å²) >= 11 is 0. The summed E-state index contributed by atoms with van der Waals surface area (Å²) in [5.41, 5.74) is 8.28. The Labute approximate surface area is 106 Å². The first-order chi connectivity index (χ1) is 8.27. The lowest BCUT2D eigenvalue weighted by atomic mass is 10.1. The van der Waals surface area contributed by atoms with Gasteiger partial charge in [-0.2, -0.15) is 0 Å². The minimum atomic E-state index is 0.774. The third kappa shape index (κ3) is 5.22. The molecular formula is C15H26N2. The number of nitrogens with zero attached hydrogens (tertiary/aromatic N) is 1. The van der Waals surface area contributed by atoms with Crippen LogP contribution in [0.5, 0.6) is 0 Å². The third-order valence-electron chi connectivity index (χ3n) is 3.03. The van der Waals surface area contributed by atoms with E-state index in [2.05, 4.69) is 43.0 Å². The molecule has 0 atom stereocenters. The molecule has 96 valence electrons. The van der Waals surface area contributed by atoms with Gasteiger partial charge < -0.3 is 10.6 Å². The Morgan fingerprint density at radius 3 is 2.53 bits per heavy atom. The summed E-state index contributed by atoms with van der Waals surface area (Å²) in [6.07, 6.45) is 4.93. The van der Waals surface area contributed by atoms with E-state index in [4.69, 9.17) is 5.73 Å². The van der Waals surface area contributed by atoms with Gasteiger partial charge in [0.05, 0.1) is 0 Å². The predicted octanol–water partition coefficient (Wildman–Crippen LogP) is 3.34. The molecule has 1 rings (SSSR count). The number of hydrogen-bond acceptors (Lipinski definition) is 2. The van der Waals surface area contributed by atoms with Crippen LogP contribution in [0.3, 0.4) is 0 Å². The van der Waals surface area contributed by atoms with Crippen molar-refractivity contribution in [1.29, 1.82) is 0 Å². The lowest BCUT2D eigenvalue weighted by Gasteiger charge is -2.25. The second-order valence-corrected chi connectivity index (χ2v) is 4.68. The molecule has 1 aromatic carbocycles. The second kappa shape index (κ2) is 8.13. The van der Waals surface area contributed by atoms with E-state index >= 15 is 0 Å². The molecule has 0 unspecified atom stereocenters. The molecule has 1 aromatic rings. The van der Waals surface area contributed by atoms with Crippen molar-refractivity contribution < 1.29 is 0 Å². The maximum Gasteiger partial charge on any atom is 0.0368 e. The average molecular weight is 234 g/mol. The molecular weight excluding hydrogens is 208 g/mol. The van der Waals surface area contributed by atoms with E-state index in [9.17, 15) is 0 Å². The van der Waals surface area contributed by atoms with Gasteiger partial charge in [0.25, 0.3) is 0 Å². The molecule has 0 aromatic heterocycles. The van der Waals surface area contributed by atoms with Crippen LogP contribution in [0.2, 0.25) is 0 Å². The number of benzene rings is 1. The fraction of sp³-hybridized carbons (Fsp3) is 0.600. The van der Waals surface area contributed by atoms with E-state index in [0.29, 0.717) is 0 Å². The molecule has 0 aliphatic heterocycles. The molecule has 0 fully saturated rings. The summed E-state index contributed by atoms with van der Waals surface area (Å²) in [6.45, 7) is 7.39. The summed E-state index contributed by atoms with van der Waals surface area (Å²) in [7, 11) is 0. The number of unbranched alkanes of at least 4 members (excludes halogenated alkanes) is 2. The van der Waals surface area contributed by atoms with Gasteiger partial charge in [-0.1, -0.05) is 31.9 Å². The maximum absolute atomic E-state index is 5.61. The number of hydrogen-bond donors (Lipinski definition) is 1. The number of rotatable bonds is 8. The highest BCUT2D eigenvalue weighted by Gasteiger charge is 2.05. The van der Waals surface area contributed by atoms with Gasteiger partial charge in [0, 0.05) is 18.8 Å². The van der Waals surface area contributed by atoms with Crippen LogP contribution in [-0.2, 0) is 0 Å². The van der Waals surface area contributed by atoms with Crippen molar-refractivity contribution in [2.75, 3.05) is 24.5 Å². The van der Waals surface area contributed by atoms with Gasteiger partial charge in [-0.15, -0.1) is 0 Å². The second-order valence-electron chi connectivity index (χ2n) is 4.68. The van der Waals surface area contributed by atoms with E-state index in [1.165, 1.54) is 30.5 Å². The van der Waals surface area contributed by atoms with Crippen molar-refractivity contribution in [3.8, 4) is 0 Å². The first-order valence-corrected chi connectivity index (χ1v) is 6.79. The lowest BCUT2D eigenvalue weighted by Crippen LogP contribution is -2.27. The molecule has 0 saturated heterocycles. The molecule has 0 radical (unpaired) electrons. The van der Waals surface area contributed by atoms with Crippen molar-refractivity contribution in [1.82, 2.24) is 0 Å². The summed E-state index contributed by atoms with van der Waals surface area (Å²) < 4.78 is 0. The zero-order chi connectivity index (χ0) is 12.5. The Balaban J connectivity index is 2.60. The molecule has 0 aliphatic carbocycles. The molecule has 2 heteroatoms. The Kier molecular flexibility index (Phi) is 6.71. The van der Waals surface area contributed by atoms with Gasteiger partial charge in [0.2, 0.25) is 0 Å². The molecule has 2 N–H and O–H groups in total. The van der Waals surface area contributed by atoms with E-state index in [1.807, 2.05) is 0 Å². The Bertz CT molecular complexity index is 310. The van der Waals surface area contributed by atoms with Crippen molar-refractivity contribution in [3.05, 3.63) is 29.8 Å². The average Bonchev–Trinajstić information content (AvgIpc) is 2.33. The quantitative estimate of drug-likeness (QED) is 0.699. The normalized spacial score (nSPS) is 10.5. The van der Waals surface area contributed by atoms with Crippen molar-refractivity contribution in [3.63, 3.8) is 0 Å². The minimum Gasteiger partial charge on any atom is -0.371 e. The van der Waals surface area contributed by atoms with Crippen molar-refractivity contribution in [2.24, 2.45) is 5.73 Å². The largest absolute Gasteiger partial charge is 0.371 e. The van der Waals surface area contributed by atoms with E-state index in [-0.39, 0.29) is 0 Å². The molecule has 0 bridgehead atoms. The SMILES string of the molecule is CCCCCN(CCCN)c1cccc(C)c1. The van der Waals surface area contributed by atoms with E-state index in [0.717, 1.165) is 26.1 Å². The van der Waals surface area contributed by atoms with Gasteiger partial charge in [-0.05, 0) is 44.0 Å². The molecule has 0 heterocycles. The van der Waals surface area contributed by atoms with Gasteiger partial charge in [-0.3, -0.25) is 0 Å². The monoisotopic (exact) mass is 234 g/mol. The number of aryl methyl sites for hydroxylation is 1. The predicted molar refractivity (Wildman–Crippen MR) is 76.6 cm³/mol. The molecule has 2 nitrogen and oxygen atoms in total. The van der Waals surface area contributed by atoms with E-state index < -0.39 is 0 Å². The number of anilines is 1. The Morgan fingerprint density at radius 2 is 1.88 bits per heavy atom. The maximum atomic E-state index is 5.61. The Hall–Kier alpha value is -1.02. The van der Waals surface area contributed by atoms with Crippen LogP contribution < -0.4 is 10.6 Å². The molecule has 17 heavy (non-hydrogen) atoms. The van der Waals surface area contributed by atoms with Gasteiger partial charge in [-0.25, -0.2) is 0 Å². The summed E-state index contributed by atoms with van der Waals surface area (Å²) in [5.74, 6) is 0. The van der Waals surface area contributed by atoms with E-state index in [1.54, 1.807) is 0 Å². The highest BCUT2D eigenvalue weighted by atomic mass is 15.1. The van der Waals surface area contributed by atoms with Crippen LogP contribution in [0.25, 0.3) is 0 Å². The minimum absolute atomic E-state index is 0.774. The standard InChI is InChI=1S/C15H26N2/c1-3-4-5-11-17(12-7-10-16)15-9-6-8-14(2)13-15/h6,8-9,13H,3-5,7,10-12,16H2,1-2H3. The Morgan fingerprint density at radius 1 is 1.12 bits per heavy atom. The molecule has 0 amide bonds. The molecule has 0 saturated carbocycles. The van der Waals surface area contributed by atoms with Gasteiger partial charge >= 0.3 is 0 Å². The summed E-state index contributed by atoms with van der Waals surface area (Å²) in [5, 5.41) is 0. The van der Waals surface area contributed by atoms with Crippen LogP contribution >= 0.6 is 0 Å². The smallest absolute Gasteiger partial charge is 0.0368 e. The third-order valence-corrected chi connectivity index (χ3v) is 3.03. The topological polar surface area (TPSA) is 29.3 Å². The highest BCUT2D eigenvalue weighted by Crippen LogP contribution is 2.17. The highest BCUT2D eigenvalue weighted by molar-refractivity contribution is 5.48. The van der Waals surface area contributed by atoms with Crippen molar-refractivity contribution in [2.45, 2.75) is 39.5 Å². The molecule has 0 spiro atoms. The van der Waals surface area contributed by atoms with Gasteiger partial charge in [0.1, 0.15) is 0 Å². The van der Waals surface area contributed by atoms with Crippen LogP contribution in [0.4, 0.5) is 5.69 Å². The van der Waals surface area contributed by atoms with Crippen molar-refractivity contribution >= 4 is 5.69 Å². The summed E-state index contributed by atoms with van der Waals surface area (Å²) in [6, 6.07) is 8.76. The fourth-order valence-corrected chi connectivity index (χ4v) is 2.03. The zero-order valence-electron chi connectivity index (χ0n) is 11.3.